The molecule has 1 N–H and O–H groups in total. The summed E-state index contributed by atoms with van der Waals surface area (Å²) in [4.78, 5) is 23.1. The Bertz CT molecular complexity index is 620. The first-order chi connectivity index (χ1) is 8.59. The number of carbonyl (C=O) groups is 1. The van der Waals surface area contributed by atoms with Gasteiger partial charge in [-0.1, -0.05) is 30.3 Å². The Morgan fingerprint density at radius 1 is 1.22 bits per heavy atom. The minimum Gasteiger partial charge on any atom is -0.479 e. The Labute approximate surface area is 103 Å². The van der Waals surface area contributed by atoms with E-state index in [1.807, 2.05) is 0 Å². The van der Waals surface area contributed by atoms with Crippen molar-refractivity contribution >= 4 is 5.97 Å². The number of hydrogen-bond donors (Lipinski definition) is 1. The second kappa shape index (κ2) is 4.83. The van der Waals surface area contributed by atoms with Crippen LogP contribution in [-0.4, -0.2) is 20.9 Å². The Morgan fingerprint density at radius 2 is 1.89 bits per heavy atom. The summed E-state index contributed by atoms with van der Waals surface area (Å²) in [5.74, 6) is -1.11. The molecule has 0 aliphatic heterocycles. The molecular formula is C13H12N2O3. The van der Waals surface area contributed by atoms with Crippen molar-refractivity contribution in [3.63, 3.8) is 0 Å². The topological polar surface area (TPSA) is 72.2 Å². The number of carboxylic acids is 1. The lowest BCUT2D eigenvalue weighted by molar-refractivity contribution is -0.139. The van der Waals surface area contributed by atoms with Gasteiger partial charge in [-0.15, -0.1) is 0 Å². The van der Waals surface area contributed by atoms with E-state index in [1.54, 1.807) is 43.3 Å². The third-order valence-electron chi connectivity index (χ3n) is 2.55. The maximum atomic E-state index is 11.7. The van der Waals surface area contributed by atoms with Crippen LogP contribution in [0.2, 0.25) is 0 Å². The van der Waals surface area contributed by atoms with Gasteiger partial charge in [0.15, 0.2) is 6.04 Å². The Hall–Kier alpha value is -2.43. The van der Waals surface area contributed by atoms with E-state index in [9.17, 15) is 14.7 Å². The average molecular weight is 244 g/mol. The molecule has 5 heteroatoms. The normalized spacial score (nSPS) is 12.1. The van der Waals surface area contributed by atoms with Gasteiger partial charge in [0, 0.05) is 6.07 Å². The third-order valence-corrected chi connectivity index (χ3v) is 2.55. The molecule has 0 saturated carbocycles. The van der Waals surface area contributed by atoms with Crippen LogP contribution in [0.1, 0.15) is 17.3 Å². The number of carboxylic acid groups (broad SMARTS) is 1. The summed E-state index contributed by atoms with van der Waals surface area (Å²) < 4.78 is 0.993. The summed E-state index contributed by atoms with van der Waals surface area (Å²) in [6.45, 7) is 1.71. The van der Waals surface area contributed by atoms with E-state index in [0.29, 0.717) is 11.3 Å². The van der Waals surface area contributed by atoms with Crippen LogP contribution < -0.4 is 5.56 Å². The molecule has 0 amide bonds. The number of aromatic nitrogens is 2. The van der Waals surface area contributed by atoms with Gasteiger partial charge in [-0.2, -0.15) is 5.10 Å². The zero-order valence-electron chi connectivity index (χ0n) is 9.78. The fourth-order valence-corrected chi connectivity index (χ4v) is 1.73. The molecular weight excluding hydrogens is 232 g/mol. The first-order valence-corrected chi connectivity index (χ1v) is 5.44. The molecule has 2 aromatic rings. The van der Waals surface area contributed by atoms with Crippen LogP contribution in [0.15, 0.2) is 47.3 Å². The standard InChI is InChI=1S/C13H12N2O3/c1-9-7-8-11(16)15(14-9)12(13(17)18)10-5-3-2-4-6-10/h2-8,12H,1H3,(H,17,18)/t12-/m1/s1. The first kappa shape index (κ1) is 12.0. The molecule has 1 aromatic carbocycles. The van der Waals surface area contributed by atoms with Crippen LogP contribution in [0.3, 0.4) is 0 Å². The van der Waals surface area contributed by atoms with Gasteiger partial charge in [0.2, 0.25) is 0 Å². The lowest BCUT2D eigenvalue weighted by Gasteiger charge is -2.14. The SMILES string of the molecule is Cc1ccc(=O)n([C@@H](C(=O)O)c2ccccc2)n1. The predicted octanol–water partition coefficient (Wildman–Crippen LogP) is 1.23. The fourth-order valence-electron chi connectivity index (χ4n) is 1.73. The molecule has 92 valence electrons. The van der Waals surface area contributed by atoms with Crippen molar-refractivity contribution in [2.45, 2.75) is 13.0 Å². The molecule has 2 rings (SSSR count). The van der Waals surface area contributed by atoms with Crippen LogP contribution in [0.4, 0.5) is 0 Å². The smallest absolute Gasteiger partial charge is 0.333 e. The van der Waals surface area contributed by atoms with Gasteiger partial charge >= 0.3 is 5.97 Å². The van der Waals surface area contributed by atoms with Gasteiger partial charge in [-0.3, -0.25) is 4.79 Å². The van der Waals surface area contributed by atoms with Crippen molar-refractivity contribution in [2.75, 3.05) is 0 Å². The number of rotatable bonds is 3. The molecule has 5 nitrogen and oxygen atoms in total. The van der Waals surface area contributed by atoms with E-state index in [1.165, 1.54) is 6.07 Å². The van der Waals surface area contributed by atoms with Crippen molar-refractivity contribution < 1.29 is 9.90 Å². The van der Waals surface area contributed by atoms with Gasteiger partial charge in [0.05, 0.1) is 5.69 Å². The highest BCUT2D eigenvalue weighted by Gasteiger charge is 2.23. The van der Waals surface area contributed by atoms with Crippen molar-refractivity contribution in [1.29, 1.82) is 0 Å². The lowest BCUT2D eigenvalue weighted by atomic mass is 10.1. The fraction of sp³-hybridized carbons (Fsp3) is 0.154. The molecule has 0 aliphatic rings. The van der Waals surface area contributed by atoms with Gasteiger partial charge < -0.3 is 5.11 Å². The zero-order chi connectivity index (χ0) is 13.1. The van der Waals surface area contributed by atoms with E-state index < -0.39 is 17.6 Å². The van der Waals surface area contributed by atoms with Gasteiger partial charge in [0.1, 0.15) is 0 Å². The first-order valence-electron chi connectivity index (χ1n) is 5.44. The number of benzene rings is 1. The number of aryl methyl sites for hydroxylation is 1. The average Bonchev–Trinajstić information content (AvgIpc) is 2.35. The molecule has 0 unspecified atom stereocenters. The summed E-state index contributed by atoms with van der Waals surface area (Å²) in [5, 5.41) is 13.3. The van der Waals surface area contributed by atoms with E-state index in [-0.39, 0.29) is 0 Å². The molecule has 0 bridgehead atoms. The van der Waals surface area contributed by atoms with E-state index in [2.05, 4.69) is 5.10 Å². The van der Waals surface area contributed by atoms with Crippen molar-refractivity contribution in [3.8, 4) is 0 Å². The third kappa shape index (κ3) is 2.29. The Balaban J connectivity index is 2.59. The summed E-state index contributed by atoms with van der Waals surface area (Å²) in [6.07, 6.45) is 0. The predicted molar refractivity (Wildman–Crippen MR) is 65.5 cm³/mol. The maximum absolute atomic E-state index is 11.7. The van der Waals surface area contributed by atoms with E-state index in [4.69, 9.17) is 0 Å². The minimum absolute atomic E-state index is 0.433. The summed E-state index contributed by atoms with van der Waals surface area (Å²) in [6, 6.07) is 10.3. The lowest BCUT2D eigenvalue weighted by Crippen LogP contribution is -2.32. The van der Waals surface area contributed by atoms with Crippen LogP contribution in [0.25, 0.3) is 0 Å². The number of hydrogen-bond acceptors (Lipinski definition) is 3. The summed E-state index contributed by atoms with van der Waals surface area (Å²) in [5.41, 5.74) is 0.679. The summed E-state index contributed by atoms with van der Waals surface area (Å²) in [7, 11) is 0. The summed E-state index contributed by atoms with van der Waals surface area (Å²) >= 11 is 0. The maximum Gasteiger partial charge on any atom is 0.333 e. The second-order valence-corrected chi connectivity index (χ2v) is 3.91. The van der Waals surface area contributed by atoms with Crippen LogP contribution in [-0.2, 0) is 4.79 Å². The van der Waals surface area contributed by atoms with Gasteiger partial charge in [-0.05, 0) is 18.6 Å². The van der Waals surface area contributed by atoms with Crippen LogP contribution in [0.5, 0.6) is 0 Å². The molecule has 1 atom stereocenters. The van der Waals surface area contributed by atoms with Gasteiger partial charge in [-0.25, -0.2) is 9.48 Å². The Kier molecular flexibility index (Phi) is 3.23. The van der Waals surface area contributed by atoms with Crippen molar-refractivity contribution in [3.05, 3.63) is 64.1 Å². The zero-order valence-corrected chi connectivity index (χ0v) is 9.78. The van der Waals surface area contributed by atoms with Gasteiger partial charge in [0.25, 0.3) is 5.56 Å². The monoisotopic (exact) mass is 244 g/mol. The molecule has 0 spiro atoms. The van der Waals surface area contributed by atoms with Crippen LogP contribution in [0, 0.1) is 6.92 Å². The van der Waals surface area contributed by atoms with Crippen molar-refractivity contribution in [1.82, 2.24) is 9.78 Å². The highest BCUT2D eigenvalue weighted by molar-refractivity contribution is 5.75. The Morgan fingerprint density at radius 3 is 2.50 bits per heavy atom. The molecule has 1 aromatic heterocycles. The van der Waals surface area contributed by atoms with E-state index in [0.717, 1.165) is 4.68 Å². The number of nitrogens with zero attached hydrogens (tertiary/aromatic N) is 2. The second-order valence-electron chi connectivity index (χ2n) is 3.91. The molecule has 18 heavy (non-hydrogen) atoms. The molecule has 0 saturated heterocycles. The molecule has 1 heterocycles. The van der Waals surface area contributed by atoms with Crippen molar-refractivity contribution in [2.24, 2.45) is 0 Å². The largest absolute Gasteiger partial charge is 0.479 e. The molecule has 0 radical (unpaired) electrons. The highest BCUT2D eigenvalue weighted by Crippen LogP contribution is 2.15. The molecule has 0 aliphatic carbocycles. The quantitative estimate of drug-likeness (QED) is 0.881. The highest BCUT2D eigenvalue weighted by atomic mass is 16.4. The minimum atomic E-state index is -1.11. The number of aliphatic carboxylic acids is 1. The van der Waals surface area contributed by atoms with Crippen LogP contribution >= 0.6 is 0 Å². The molecule has 0 fully saturated rings. The van der Waals surface area contributed by atoms with E-state index >= 15 is 0 Å².